The van der Waals surface area contributed by atoms with Crippen LogP contribution in [-0.4, -0.2) is 46.5 Å². The van der Waals surface area contributed by atoms with E-state index in [1.54, 1.807) is 28.8 Å². The smallest absolute Gasteiger partial charge is 0.308 e. The van der Waals surface area contributed by atoms with E-state index in [4.69, 9.17) is 0 Å². The van der Waals surface area contributed by atoms with Crippen molar-refractivity contribution >= 4 is 23.6 Å². The van der Waals surface area contributed by atoms with Crippen LogP contribution in [0, 0.1) is 17.7 Å². The zero-order chi connectivity index (χ0) is 16.4. The number of carboxylic acid groups (broad SMARTS) is 1. The molecule has 0 bridgehead atoms. The van der Waals surface area contributed by atoms with Gasteiger partial charge in [-0.3, -0.25) is 9.59 Å². The fourth-order valence-corrected chi connectivity index (χ4v) is 4.16. The van der Waals surface area contributed by atoms with E-state index in [1.807, 2.05) is 0 Å². The molecule has 0 radical (unpaired) electrons. The summed E-state index contributed by atoms with van der Waals surface area (Å²) in [6.07, 6.45) is 2.52. The lowest BCUT2D eigenvalue weighted by molar-refractivity contribution is -0.141. The predicted octanol–water partition coefficient (Wildman–Crippen LogP) is 2.60. The van der Waals surface area contributed by atoms with Crippen molar-refractivity contribution < 1.29 is 19.1 Å². The fraction of sp³-hybridized carbons (Fsp3) is 0.529. The van der Waals surface area contributed by atoms with Crippen molar-refractivity contribution in [3.05, 3.63) is 35.6 Å². The van der Waals surface area contributed by atoms with Crippen LogP contribution < -0.4 is 0 Å². The van der Waals surface area contributed by atoms with E-state index in [0.717, 1.165) is 11.7 Å². The lowest BCUT2D eigenvalue weighted by Crippen LogP contribution is -2.31. The van der Waals surface area contributed by atoms with Crippen LogP contribution in [0.5, 0.6) is 0 Å². The first kappa shape index (κ1) is 16.3. The minimum absolute atomic E-state index is 0.0131. The van der Waals surface area contributed by atoms with Gasteiger partial charge in [0.25, 0.3) is 0 Å². The van der Waals surface area contributed by atoms with Gasteiger partial charge in [-0.25, -0.2) is 4.39 Å². The summed E-state index contributed by atoms with van der Waals surface area (Å²) in [5.41, 5.74) is 0.651. The highest BCUT2D eigenvalue weighted by Crippen LogP contribution is 2.35. The highest BCUT2D eigenvalue weighted by Gasteiger charge is 2.40. The Morgan fingerprint density at radius 3 is 2.74 bits per heavy atom. The molecule has 2 atom stereocenters. The molecule has 0 spiro atoms. The summed E-state index contributed by atoms with van der Waals surface area (Å²) in [6.45, 7) is 0.558. The first-order valence-electron chi connectivity index (χ1n) is 7.88. The molecule has 1 amide bonds. The molecule has 0 unspecified atom stereocenters. The number of nitrogens with zero attached hydrogens (tertiary/aromatic N) is 1. The monoisotopic (exact) mass is 337 g/mol. The van der Waals surface area contributed by atoms with Gasteiger partial charge >= 0.3 is 5.97 Å². The zero-order valence-corrected chi connectivity index (χ0v) is 13.6. The third-order valence-electron chi connectivity index (χ3n) is 4.54. The summed E-state index contributed by atoms with van der Waals surface area (Å²) < 4.78 is 13.4. The van der Waals surface area contributed by atoms with Gasteiger partial charge in [-0.15, -0.1) is 0 Å². The predicted molar refractivity (Wildman–Crippen MR) is 86.9 cm³/mol. The maximum absolute atomic E-state index is 13.4. The maximum atomic E-state index is 13.4. The third kappa shape index (κ3) is 4.05. The number of thioether (sulfide) groups is 1. The minimum Gasteiger partial charge on any atom is -0.481 e. The molecule has 124 valence electrons. The average molecular weight is 337 g/mol. The number of aliphatic carboxylic acids is 1. The number of rotatable bonds is 6. The minimum atomic E-state index is -0.930. The van der Waals surface area contributed by atoms with E-state index in [9.17, 15) is 19.1 Å². The second kappa shape index (κ2) is 6.91. The number of carbonyl (C=O) groups excluding carboxylic acids is 1. The molecule has 1 aliphatic heterocycles. The van der Waals surface area contributed by atoms with Crippen molar-refractivity contribution in [3.8, 4) is 0 Å². The van der Waals surface area contributed by atoms with E-state index in [-0.39, 0.29) is 24.2 Å². The van der Waals surface area contributed by atoms with Crippen LogP contribution >= 0.6 is 11.8 Å². The fourth-order valence-electron chi connectivity index (χ4n) is 3.02. The highest BCUT2D eigenvalue weighted by molar-refractivity contribution is 7.99. The van der Waals surface area contributed by atoms with E-state index < -0.39 is 11.9 Å². The second-order valence-electron chi connectivity index (χ2n) is 6.36. The number of amides is 1. The number of carboxylic acids is 1. The summed E-state index contributed by atoms with van der Waals surface area (Å²) in [5, 5.41) is 9.43. The molecule has 1 aliphatic carbocycles. The van der Waals surface area contributed by atoms with Crippen molar-refractivity contribution in [2.75, 3.05) is 24.6 Å². The van der Waals surface area contributed by atoms with Crippen molar-refractivity contribution in [3.63, 3.8) is 0 Å². The molecular formula is C17H20FNO3S. The van der Waals surface area contributed by atoms with Gasteiger partial charge in [-0.1, -0.05) is 12.1 Å². The van der Waals surface area contributed by atoms with Crippen LogP contribution in [0.3, 0.4) is 0 Å². The zero-order valence-electron chi connectivity index (χ0n) is 12.8. The molecule has 1 aromatic carbocycles. The Bertz CT molecular complexity index is 605. The highest BCUT2D eigenvalue weighted by atomic mass is 32.2. The van der Waals surface area contributed by atoms with E-state index in [2.05, 4.69) is 0 Å². The standard InChI is InChI=1S/C17H20FNO3S/c18-13-3-1-2-12(6-13)14-7-19(8-15(14)17(21)22)16(20)10-23-9-11-4-5-11/h1-3,6,11,14-15H,4-5,7-10H2,(H,21,22)/t14-,15+/m0/s1. The summed E-state index contributed by atoms with van der Waals surface area (Å²) in [5.74, 6) is -0.168. The molecule has 0 aromatic heterocycles. The molecule has 1 heterocycles. The molecule has 23 heavy (non-hydrogen) atoms. The Morgan fingerprint density at radius 2 is 2.09 bits per heavy atom. The molecule has 4 nitrogen and oxygen atoms in total. The van der Waals surface area contributed by atoms with Crippen LogP contribution in [0.2, 0.25) is 0 Å². The van der Waals surface area contributed by atoms with Crippen molar-refractivity contribution in [1.29, 1.82) is 0 Å². The van der Waals surface area contributed by atoms with Crippen LogP contribution in [0.15, 0.2) is 24.3 Å². The third-order valence-corrected chi connectivity index (χ3v) is 5.70. The molecule has 3 rings (SSSR count). The van der Waals surface area contributed by atoms with E-state index in [0.29, 0.717) is 17.9 Å². The molecule has 6 heteroatoms. The Morgan fingerprint density at radius 1 is 1.30 bits per heavy atom. The molecular weight excluding hydrogens is 317 g/mol. The second-order valence-corrected chi connectivity index (χ2v) is 7.39. The van der Waals surface area contributed by atoms with Gasteiger partial charge in [0.05, 0.1) is 11.7 Å². The van der Waals surface area contributed by atoms with Crippen LogP contribution in [0.25, 0.3) is 0 Å². The topological polar surface area (TPSA) is 57.6 Å². The van der Waals surface area contributed by atoms with E-state index >= 15 is 0 Å². The van der Waals surface area contributed by atoms with Crippen molar-refractivity contribution in [1.82, 2.24) is 4.90 Å². The van der Waals surface area contributed by atoms with Gasteiger partial charge in [0.1, 0.15) is 5.82 Å². The summed E-state index contributed by atoms with van der Waals surface area (Å²) in [4.78, 5) is 25.4. The van der Waals surface area contributed by atoms with Crippen molar-refractivity contribution in [2.24, 2.45) is 11.8 Å². The SMILES string of the molecule is O=C(O)[C@@H]1CN(C(=O)CSCC2CC2)C[C@H]1c1cccc(F)c1. The number of likely N-dealkylation sites (tertiary alicyclic amines) is 1. The Kier molecular flexibility index (Phi) is 4.90. The van der Waals surface area contributed by atoms with Gasteiger partial charge in [0.15, 0.2) is 0 Å². The van der Waals surface area contributed by atoms with Gasteiger partial charge in [-0.05, 0) is 42.2 Å². The van der Waals surface area contributed by atoms with E-state index in [1.165, 1.54) is 25.0 Å². The average Bonchev–Trinajstić information content (AvgIpc) is 3.22. The number of hydrogen-bond acceptors (Lipinski definition) is 3. The molecule has 1 saturated carbocycles. The van der Waals surface area contributed by atoms with Crippen LogP contribution in [0.4, 0.5) is 4.39 Å². The molecule has 2 fully saturated rings. The van der Waals surface area contributed by atoms with Crippen LogP contribution in [-0.2, 0) is 9.59 Å². The van der Waals surface area contributed by atoms with Gasteiger partial charge in [0, 0.05) is 19.0 Å². The number of carbonyl (C=O) groups is 2. The van der Waals surface area contributed by atoms with Gasteiger partial charge < -0.3 is 10.0 Å². The molecule has 1 saturated heterocycles. The molecule has 1 aromatic rings. The van der Waals surface area contributed by atoms with Gasteiger partial charge in [0.2, 0.25) is 5.91 Å². The summed E-state index contributed by atoms with van der Waals surface area (Å²) in [6, 6.07) is 6.03. The number of benzene rings is 1. The quantitative estimate of drug-likeness (QED) is 0.867. The lowest BCUT2D eigenvalue weighted by Gasteiger charge is -2.16. The Balaban J connectivity index is 1.65. The molecule has 2 aliphatic rings. The number of hydrogen-bond donors (Lipinski definition) is 1. The maximum Gasteiger partial charge on any atom is 0.308 e. The first-order chi connectivity index (χ1) is 11.0. The first-order valence-corrected chi connectivity index (χ1v) is 9.04. The van der Waals surface area contributed by atoms with Gasteiger partial charge in [-0.2, -0.15) is 11.8 Å². The molecule has 1 N–H and O–H groups in total. The van der Waals surface area contributed by atoms with Crippen molar-refractivity contribution in [2.45, 2.75) is 18.8 Å². The largest absolute Gasteiger partial charge is 0.481 e. The number of halogens is 1. The lowest BCUT2D eigenvalue weighted by atomic mass is 9.89. The summed E-state index contributed by atoms with van der Waals surface area (Å²) in [7, 11) is 0. The Hall–Kier alpha value is -1.56. The van der Waals surface area contributed by atoms with Crippen LogP contribution in [0.1, 0.15) is 24.3 Å². The Labute approximate surface area is 139 Å². The summed E-state index contributed by atoms with van der Waals surface area (Å²) >= 11 is 1.63. The normalized spacial score (nSPS) is 24.0.